The van der Waals surface area contributed by atoms with Crippen LogP contribution in [0.1, 0.15) is 9.67 Å². The van der Waals surface area contributed by atoms with Crippen LogP contribution in [-0.4, -0.2) is 36.8 Å². The molecule has 1 heterocycles. The number of anilines is 1. The number of carbonyl (C=O) groups excluding carboxylic acids is 1. The molecular formula is C18H17N3O4S. The zero-order chi connectivity index (χ0) is 18.5. The molecule has 7 nitrogen and oxygen atoms in total. The first-order chi connectivity index (χ1) is 12.7. The van der Waals surface area contributed by atoms with Crippen molar-refractivity contribution in [2.75, 3.05) is 26.6 Å². The summed E-state index contributed by atoms with van der Waals surface area (Å²) in [6.07, 6.45) is 0. The molecule has 3 aromatic rings. The highest BCUT2D eigenvalue weighted by atomic mass is 32.1. The summed E-state index contributed by atoms with van der Waals surface area (Å²) < 4.78 is 19.6. The number of hydrogen-bond acceptors (Lipinski definition) is 7. The summed E-state index contributed by atoms with van der Waals surface area (Å²) in [4.78, 5) is 13.1. The lowest BCUT2D eigenvalue weighted by Crippen LogP contribution is -2.11. The Morgan fingerprint density at radius 2 is 1.81 bits per heavy atom. The van der Waals surface area contributed by atoms with Crippen LogP contribution in [0.25, 0.3) is 11.3 Å². The van der Waals surface area contributed by atoms with E-state index in [1.165, 1.54) is 7.11 Å². The molecule has 0 aliphatic heterocycles. The van der Waals surface area contributed by atoms with Gasteiger partial charge in [-0.15, -0.1) is 5.10 Å². The smallest absolute Gasteiger partial charge is 0.269 e. The highest BCUT2D eigenvalue weighted by Gasteiger charge is 2.19. The van der Waals surface area contributed by atoms with Crippen LogP contribution in [0.3, 0.4) is 0 Å². The number of ether oxygens (including phenoxy) is 3. The van der Waals surface area contributed by atoms with Gasteiger partial charge in [0.05, 0.1) is 21.3 Å². The van der Waals surface area contributed by atoms with Crippen LogP contribution in [-0.2, 0) is 0 Å². The van der Waals surface area contributed by atoms with Gasteiger partial charge in [-0.1, -0.05) is 16.6 Å². The number of hydrogen-bond donors (Lipinski definition) is 1. The summed E-state index contributed by atoms with van der Waals surface area (Å²) in [5.41, 5.74) is 1.85. The van der Waals surface area contributed by atoms with Crippen LogP contribution < -0.4 is 19.5 Å². The van der Waals surface area contributed by atoms with Gasteiger partial charge in [0.1, 0.15) is 16.3 Å². The topological polar surface area (TPSA) is 82.6 Å². The summed E-state index contributed by atoms with van der Waals surface area (Å²) in [5, 5.41) is 6.93. The Hall–Kier alpha value is -3.13. The van der Waals surface area contributed by atoms with E-state index < -0.39 is 0 Å². The monoisotopic (exact) mass is 371 g/mol. The maximum absolute atomic E-state index is 12.7. The Kier molecular flexibility index (Phi) is 5.33. The first kappa shape index (κ1) is 17.7. The molecule has 0 fully saturated rings. The quantitative estimate of drug-likeness (QED) is 0.714. The standard InChI is InChI=1S/C18H17N3O4S/c1-23-13-6-4-5-11(9-13)16-17(26-21-20-16)18(22)19-12-7-8-14(24-2)15(10-12)25-3/h4-10H,1-3H3,(H,19,22). The SMILES string of the molecule is COc1cccc(-c2nnsc2C(=O)Nc2ccc(OC)c(OC)c2)c1. The maximum Gasteiger partial charge on any atom is 0.269 e. The van der Waals surface area contributed by atoms with Crippen LogP contribution in [0, 0.1) is 0 Å². The molecular weight excluding hydrogens is 354 g/mol. The third-order valence-corrected chi connectivity index (χ3v) is 4.40. The van der Waals surface area contributed by atoms with Gasteiger partial charge in [0.2, 0.25) is 0 Å². The van der Waals surface area contributed by atoms with E-state index in [0.717, 1.165) is 17.1 Å². The van der Waals surface area contributed by atoms with E-state index >= 15 is 0 Å². The van der Waals surface area contributed by atoms with E-state index in [-0.39, 0.29) is 5.91 Å². The van der Waals surface area contributed by atoms with Gasteiger partial charge < -0.3 is 19.5 Å². The summed E-state index contributed by atoms with van der Waals surface area (Å²) in [6.45, 7) is 0. The van der Waals surface area contributed by atoms with Crippen molar-refractivity contribution in [2.45, 2.75) is 0 Å². The van der Waals surface area contributed by atoms with Gasteiger partial charge in [0.15, 0.2) is 11.5 Å². The summed E-state index contributed by atoms with van der Waals surface area (Å²) in [6, 6.07) is 12.5. The molecule has 8 heteroatoms. The number of nitrogens with one attached hydrogen (secondary N) is 1. The van der Waals surface area contributed by atoms with Crippen molar-refractivity contribution in [2.24, 2.45) is 0 Å². The molecule has 0 spiro atoms. The molecule has 2 aromatic carbocycles. The average Bonchev–Trinajstić information content (AvgIpc) is 3.18. The number of carbonyl (C=O) groups is 1. The summed E-state index contributed by atoms with van der Waals surface area (Å²) in [5.74, 6) is 1.49. The van der Waals surface area contributed by atoms with E-state index in [0.29, 0.717) is 33.5 Å². The van der Waals surface area contributed by atoms with Crippen LogP contribution in [0.5, 0.6) is 17.2 Å². The van der Waals surface area contributed by atoms with Crippen molar-refractivity contribution in [1.29, 1.82) is 0 Å². The van der Waals surface area contributed by atoms with Gasteiger partial charge in [-0.05, 0) is 35.8 Å². The minimum Gasteiger partial charge on any atom is -0.497 e. The summed E-state index contributed by atoms with van der Waals surface area (Å²) in [7, 11) is 4.68. The molecule has 0 saturated heterocycles. The molecule has 1 N–H and O–H groups in total. The fraction of sp³-hybridized carbons (Fsp3) is 0.167. The Labute approximate surface area is 154 Å². The molecule has 1 amide bonds. The first-order valence-electron chi connectivity index (χ1n) is 7.66. The number of benzene rings is 2. The van der Waals surface area contributed by atoms with E-state index in [9.17, 15) is 4.79 Å². The number of aromatic nitrogens is 2. The van der Waals surface area contributed by atoms with Gasteiger partial charge in [-0.3, -0.25) is 4.79 Å². The fourth-order valence-corrected chi connectivity index (χ4v) is 2.98. The number of nitrogens with zero attached hydrogens (tertiary/aromatic N) is 2. The van der Waals surface area contributed by atoms with Crippen molar-refractivity contribution in [3.63, 3.8) is 0 Å². The first-order valence-corrected chi connectivity index (χ1v) is 8.43. The van der Waals surface area contributed by atoms with Gasteiger partial charge in [-0.25, -0.2) is 0 Å². The largest absolute Gasteiger partial charge is 0.497 e. The van der Waals surface area contributed by atoms with Gasteiger partial charge in [0.25, 0.3) is 5.91 Å². The molecule has 26 heavy (non-hydrogen) atoms. The van der Waals surface area contributed by atoms with E-state index in [1.807, 2.05) is 24.3 Å². The molecule has 1 aromatic heterocycles. The Bertz CT molecular complexity index is 926. The molecule has 0 saturated carbocycles. The van der Waals surface area contributed by atoms with Crippen molar-refractivity contribution < 1.29 is 19.0 Å². The molecule has 134 valence electrons. The second-order valence-corrected chi connectivity index (χ2v) is 5.96. The average molecular weight is 371 g/mol. The fourth-order valence-electron chi connectivity index (χ4n) is 2.40. The van der Waals surface area contributed by atoms with Crippen molar-refractivity contribution in [1.82, 2.24) is 9.59 Å². The van der Waals surface area contributed by atoms with E-state index in [4.69, 9.17) is 14.2 Å². The van der Waals surface area contributed by atoms with Crippen LogP contribution in [0.4, 0.5) is 5.69 Å². The molecule has 0 unspecified atom stereocenters. The lowest BCUT2D eigenvalue weighted by atomic mass is 10.1. The molecule has 0 bridgehead atoms. The molecule has 0 aliphatic rings. The normalized spacial score (nSPS) is 10.3. The Morgan fingerprint density at radius 1 is 1.00 bits per heavy atom. The van der Waals surface area contributed by atoms with Crippen molar-refractivity contribution >= 4 is 23.1 Å². The third kappa shape index (κ3) is 3.60. The highest BCUT2D eigenvalue weighted by molar-refractivity contribution is 7.08. The molecule has 3 rings (SSSR count). The number of methoxy groups -OCH3 is 3. The zero-order valence-corrected chi connectivity index (χ0v) is 15.3. The lowest BCUT2D eigenvalue weighted by molar-refractivity contribution is 0.103. The predicted octanol–water partition coefficient (Wildman–Crippen LogP) is 3.48. The van der Waals surface area contributed by atoms with Crippen LogP contribution in [0.2, 0.25) is 0 Å². The third-order valence-electron chi connectivity index (χ3n) is 3.68. The number of amides is 1. The van der Waals surface area contributed by atoms with Crippen LogP contribution in [0.15, 0.2) is 42.5 Å². The minimum atomic E-state index is -0.301. The van der Waals surface area contributed by atoms with E-state index in [1.54, 1.807) is 32.4 Å². The number of rotatable bonds is 6. The second-order valence-electron chi connectivity index (χ2n) is 5.21. The molecule has 0 radical (unpaired) electrons. The molecule has 0 aliphatic carbocycles. The minimum absolute atomic E-state index is 0.301. The highest BCUT2D eigenvalue weighted by Crippen LogP contribution is 2.31. The van der Waals surface area contributed by atoms with Gasteiger partial charge in [0, 0.05) is 17.3 Å². The maximum atomic E-state index is 12.7. The zero-order valence-electron chi connectivity index (χ0n) is 14.5. The van der Waals surface area contributed by atoms with Gasteiger partial charge in [-0.2, -0.15) is 0 Å². The van der Waals surface area contributed by atoms with E-state index in [2.05, 4.69) is 14.9 Å². The lowest BCUT2D eigenvalue weighted by Gasteiger charge is -2.10. The van der Waals surface area contributed by atoms with Crippen molar-refractivity contribution in [3.05, 3.63) is 47.3 Å². The predicted molar refractivity (Wildman–Crippen MR) is 99.4 cm³/mol. The van der Waals surface area contributed by atoms with Crippen molar-refractivity contribution in [3.8, 4) is 28.5 Å². The summed E-state index contributed by atoms with van der Waals surface area (Å²) >= 11 is 1.03. The van der Waals surface area contributed by atoms with Gasteiger partial charge >= 0.3 is 0 Å². The second kappa shape index (κ2) is 7.83. The Morgan fingerprint density at radius 3 is 2.54 bits per heavy atom. The molecule has 0 atom stereocenters. The van der Waals surface area contributed by atoms with Crippen LogP contribution >= 0.6 is 11.5 Å². The Balaban J connectivity index is 1.87.